The van der Waals surface area contributed by atoms with Crippen LogP contribution in [0.15, 0.2) is 24.3 Å². The Morgan fingerprint density at radius 3 is 2.65 bits per heavy atom. The first kappa shape index (κ1) is 17.3. The van der Waals surface area contributed by atoms with Crippen LogP contribution in [0.25, 0.3) is 0 Å². The molecule has 1 aliphatic heterocycles. The van der Waals surface area contributed by atoms with Crippen LogP contribution in [0.4, 0.5) is 4.79 Å². The molecule has 0 unspecified atom stereocenters. The Bertz CT molecular complexity index is 579. The smallest absolute Gasteiger partial charge is 0.410 e. The van der Waals surface area contributed by atoms with Crippen LogP contribution in [-0.4, -0.2) is 47.4 Å². The van der Waals surface area contributed by atoms with E-state index in [4.69, 9.17) is 9.47 Å². The van der Waals surface area contributed by atoms with Crippen LogP contribution in [-0.2, 0) is 9.47 Å². The van der Waals surface area contributed by atoms with Gasteiger partial charge in [0.15, 0.2) is 0 Å². The van der Waals surface area contributed by atoms with Gasteiger partial charge >= 0.3 is 12.1 Å². The van der Waals surface area contributed by atoms with Crippen molar-refractivity contribution in [3.8, 4) is 0 Å². The average Bonchev–Trinajstić information content (AvgIpc) is 2.71. The first-order chi connectivity index (χ1) is 10.8. The van der Waals surface area contributed by atoms with E-state index in [-0.39, 0.29) is 12.1 Å². The number of amides is 1. The fourth-order valence-corrected chi connectivity index (χ4v) is 2.48. The Morgan fingerprint density at radius 1 is 1.30 bits per heavy atom. The van der Waals surface area contributed by atoms with E-state index in [9.17, 15) is 14.7 Å². The number of carboxylic acids is 1. The number of benzene rings is 1. The molecular weight excluding hydrogens is 298 g/mol. The fraction of sp³-hybridized carbons (Fsp3) is 0.529. The lowest BCUT2D eigenvalue weighted by Crippen LogP contribution is -2.39. The average molecular weight is 321 g/mol. The van der Waals surface area contributed by atoms with Gasteiger partial charge in [-0.15, -0.1) is 0 Å². The summed E-state index contributed by atoms with van der Waals surface area (Å²) in [4.78, 5) is 25.3. The number of carbonyl (C=O) groups excluding carboxylic acids is 1. The molecule has 1 heterocycles. The minimum Gasteiger partial charge on any atom is -0.478 e. The summed E-state index contributed by atoms with van der Waals surface area (Å²) in [5.74, 6) is -1.00. The van der Waals surface area contributed by atoms with Gasteiger partial charge in [-0.3, -0.25) is 0 Å². The van der Waals surface area contributed by atoms with E-state index in [1.807, 2.05) is 20.8 Å². The van der Waals surface area contributed by atoms with Crippen LogP contribution in [0.5, 0.6) is 0 Å². The Labute approximate surface area is 136 Å². The topological polar surface area (TPSA) is 76.1 Å². The van der Waals surface area contributed by atoms with Gasteiger partial charge in [-0.2, -0.15) is 0 Å². The Balaban J connectivity index is 2.20. The number of aromatic carboxylic acids is 1. The predicted octanol–water partition coefficient (Wildman–Crippen LogP) is 3.08. The third-order valence-electron chi connectivity index (χ3n) is 3.47. The molecule has 126 valence electrons. The van der Waals surface area contributed by atoms with E-state index in [2.05, 4.69) is 0 Å². The fourth-order valence-electron chi connectivity index (χ4n) is 2.48. The maximum atomic E-state index is 12.3. The number of ether oxygens (including phenoxy) is 2. The largest absolute Gasteiger partial charge is 0.478 e. The van der Waals surface area contributed by atoms with E-state index in [0.717, 1.165) is 0 Å². The summed E-state index contributed by atoms with van der Waals surface area (Å²) in [5, 5.41) is 9.33. The maximum Gasteiger partial charge on any atom is 0.410 e. The van der Waals surface area contributed by atoms with Gasteiger partial charge in [-0.25, -0.2) is 9.59 Å². The molecule has 0 bridgehead atoms. The molecule has 1 N–H and O–H groups in total. The molecule has 1 atom stereocenters. The van der Waals surface area contributed by atoms with Crippen molar-refractivity contribution in [2.45, 2.75) is 38.9 Å². The normalized spacial score (nSPS) is 19.1. The summed E-state index contributed by atoms with van der Waals surface area (Å²) in [6.07, 6.45) is -0.191. The number of hydrogen-bond donors (Lipinski definition) is 1. The molecule has 6 nitrogen and oxygen atoms in total. The molecule has 1 amide bonds. The van der Waals surface area contributed by atoms with Crippen LogP contribution in [0.1, 0.15) is 49.2 Å². The summed E-state index contributed by atoms with van der Waals surface area (Å²) in [7, 11) is 0. The molecule has 0 aromatic heterocycles. The lowest BCUT2D eigenvalue weighted by molar-refractivity contribution is 0.0138. The predicted molar refractivity (Wildman–Crippen MR) is 84.5 cm³/mol. The Kier molecular flexibility index (Phi) is 5.26. The van der Waals surface area contributed by atoms with E-state index in [1.54, 1.807) is 29.2 Å². The molecular formula is C17H23NO5. The highest BCUT2D eigenvalue weighted by Crippen LogP contribution is 2.26. The zero-order valence-electron chi connectivity index (χ0n) is 13.7. The number of carboxylic acid groups (broad SMARTS) is 1. The molecule has 1 aromatic carbocycles. The molecule has 1 aromatic rings. The van der Waals surface area contributed by atoms with Gasteiger partial charge in [0.05, 0.1) is 12.1 Å². The van der Waals surface area contributed by atoms with Crippen molar-refractivity contribution < 1.29 is 24.2 Å². The monoisotopic (exact) mass is 321 g/mol. The van der Waals surface area contributed by atoms with Crippen LogP contribution < -0.4 is 0 Å². The lowest BCUT2D eigenvalue weighted by atomic mass is 10.0. The van der Waals surface area contributed by atoms with Gasteiger partial charge in [0.1, 0.15) is 11.7 Å². The van der Waals surface area contributed by atoms with Crippen LogP contribution in [0.2, 0.25) is 0 Å². The second kappa shape index (κ2) is 7.00. The molecule has 1 saturated heterocycles. The van der Waals surface area contributed by atoms with E-state index in [1.165, 1.54) is 0 Å². The molecule has 1 fully saturated rings. The SMILES string of the molecule is CC(C)(C)OC(=O)N1CCCO[C@@H](c2ccccc2C(=O)O)C1. The van der Waals surface area contributed by atoms with Crippen molar-refractivity contribution in [3.05, 3.63) is 35.4 Å². The zero-order valence-corrected chi connectivity index (χ0v) is 13.7. The zero-order chi connectivity index (χ0) is 17.0. The van der Waals surface area contributed by atoms with Gasteiger partial charge in [0, 0.05) is 13.2 Å². The summed E-state index contributed by atoms with van der Waals surface area (Å²) >= 11 is 0. The summed E-state index contributed by atoms with van der Waals surface area (Å²) < 4.78 is 11.2. The first-order valence-corrected chi connectivity index (χ1v) is 7.69. The van der Waals surface area contributed by atoms with Crippen molar-refractivity contribution in [2.24, 2.45) is 0 Å². The van der Waals surface area contributed by atoms with Gasteiger partial charge in [0.2, 0.25) is 0 Å². The van der Waals surface area contributed by atoms with Gasteiger partial charge in [-0.1, -0.05) is 18.2 Å². The van der Waals surface area contributed by atoms with Crippen molar-refractivity contribution >= 4 is 12.1 Å². The third-order valence-corrected chi connectivity index (χ3v) is 3.47. The highest BCUT2D eigenvalue weighted by atomic mass is 16.6. The van der Waals surface area contributed by atoms with Gasteiger partial charge < -0.3 is 19.5 Å². The summed E-state index contributed by atoms with van der Waals surface area (Å²) in [5.41, 5.74) is 0.206. The number of hydrogen-bond acceptors (Lipinski definition) is 4. The van der Waals surface area contributed by atoms with Gasteiger partial charge in [0.25, 0.3) is 0 Å². The Hall–Kier alpha value is -2.08. The second-order valence-corrected chi connectivity index (χ2v) is 6.53. The second-order valence-electron chi connectivity index (χ2n) is 6.53. The van der Waals surface area contributed by atoms with Crippen LogP contribution in [0.3, 0.4) is 0 Å². The molecule has 0 aliphatic carbocycles. The van der Waals surface area contributed by atoms with E-state index in [0.29, 0.717) is 25.1 Å². The molecule has 0 radical (unpaired) electrons. The minimum atomic E-state index is -1.00. The van der Waals surface area contributed by atoms with E-state index < -0.39 is 23.8 Å². The lowest BCUT2D eigenvalue weighted by Gasteiger charge is -2.28. The molecule has 2 rings (SSSR count). The molecule has 23 heavy (non-hydrogen) atoms. The first-order valence-electron chi connectivity index (χ1n) is 7.69. The van der Waals surface area contributed by atoms with E-state index >= 15 is 0 Å². The van der Waals surface area contributed by atoms with Gasteiger partial charge in [-0.05, 0) is 38.8 Å². The highest BCUT2D eigenvalue weighted by molar-refractivity contribution is 5.89. The standard InChI is InChI=1S/C17H23NO5/c1-17(2,3)23-16(21)18-9-6-10-22-14(11-18)12-7-4-5-8-13(12)15(19)20/h4-5,7-8,14H,6,9-11H2,1-3H3,(H,19,20)/t14-/m1/s1. The number of carbonyl (C=O) groups is 2. The van der Waals surface area contributed by atoms with Crippen molar-refractivity contribution in [3.63, 3.8) is 0 Å². The highest BCUT2D eigenvalue weighted by Gasteiger charge is 2.29. The molecule has 6 heteroatoms. The minimum absolute atomic E-state index is 0.198. The summed E-state index contributed by atoms with van der Waals surface area (Å²) in [6, 6.07) is 6.72. The summed E-state index contributed by atoms with van der Waals surface area (Å²) in [6.45, 7) is 6.72. The van der Waals surface area contributed by atoms with Crippen LogP contribution >= 0.6 is 0 Å². The number of rotatable bonds is 2. The Morgan fingerprint density at radius 2 is 2.00 bits per heavy atom. The van der Waals surface area contributed by atoms with Crippen molar-refractivity contribution in [2.75, 3.05) is 19.7 Å². The molecule has 0 saturated carbocycles. The molecule has 0 spiro atoms. The maximum absolute atomic E-state index is 12.3. The van der Waals surface area contributed by atoms with Crippen molar-refractivity contribution in [1.29, 1.82) is 0 Å². The van der Waals surface area contributed by atoms with Crippen molar-refractivity contribution in [1.82, 2.24) is 4.90 Å². The quantitative estimate of drug-likeness (QED) is 0.906. The third kappa shape index (κ3) is 4.69. The molecule has 1 aliphatic rings. The number of nitrogens with zero attached hydrogens (tertiary/aromatic N) is 1. The van der Waals surface area contributed by atoms with Crippen LogP contribution in [0, 0.1) is 0 Å².